The molecule has 1 aliphatic rings. The number of carbonyl (C=O) groups is 3. The van der Waals surface area contributed by atoms with Crippen LogP contribution >= 0.6 is 0 Å². The van der Waals surface area contributed by atoms with E-state index in [1.165, 1.54) is 4.90 Å². The van der Waals surface area contributed by atoms with Crippen LogP contribution in [0, 0.1) is 5.92 Å². The van der Waals surface area contributed by atoms with E-state index in [0.29, 0.717) is 19.6 Å². The lowest BCUT2D eigenvalue weighted by atomic mass is 10.4. The number of carbonyl (C=O) groups excluding carboxylic acids is 2. The third-order valence-corrected chi connectivity index (χ3v) is 2.91. The van der Waals surface area contributed by atoms with Crippen molar-refractivity contribution in [2.75, 3.05) is 26.2 Å². The summed E-state index contributed by atoms with van der Waals surface area (Å²) in [5.74, 6) is -0.714. The van der Waals surface area contributed by atoms with Crippen LogP contribution in [0.25, 0.3) is 0 Å². The van der Waals surface area contributed by atoms with Gasteiger partial charge in [0.25, 0.3) is 0 Å². The Labute approximate surface area is 112 Å². The van der Waals surface area contributed by atoms with Gasteiger partial charge in [0.15, 0.2) is 0 Å². The molecule has 0 saturated heterocycles. The third kappa shape index (κ3) is 6.08. The SMILES string of the molecule is CCN(CCC(=O)O)C(=O)NCCNC(=O)C1CC1. The van der Waals surface area contributed by atoms with E-state index in [-0.39, 0.29) is 30.8 Å². The van der Waals surface area contributed by atoms with Gasteiger partial charge in [-0.1, -0.05) is 0 Å². The van der Waals surface area contributed by atoms with Gasteiger partial charge in [-0.2, -0.15) is 0 Å². The molecule has 0 aliphatic heterocycles. The van der Waals surface area contributed by atoms with Crippen LogP contribution in [0.1, 0.15) is 26.2 Å². The van der Waals surface area contributed by atoms with Crippen LogP contribution in [-0.2, 0) is 9.59 Å². The predicted molar refractivity (Wildman–Crippen MR) is 68.6 cm³/mol. The van der Waals surface area contributed by atoms with E-state index in [2.05, 4.69) is 10.6 Å². The van der Waals surface area contributed by atoms with Crippen molar-refractivity contribution in [2.45, 2.75) is 26.2 Å². The van der Waals surface area contributed by atoms with Crippen molar-refractivity contribution in [3.8, 4) is 0 Å². The summed E-state index contributed by atoms with van der Waals surface area (Å²) in [4.78, 5) is 34.9. The number of hydrogen-bond acceptors (Lipinski definition) is 3. The molecule has 7 nitrogen and oxygen atoms in total. The molecule has 0 atom stereocenters. The molecule has 1 rings (SSSR count). The summed E-state index contributed by atoms with van der Waals surface area (Å²) in [7, 11) is 0. The van der Waals surface area contributed by atoms with Gasteiger partial charge in [0.1, 0.15) is 0 Å². The van der Waals surface area contributed by atoms with Gasteiger partial charge in [-0.3, -0.25) is 9.59 Å². The van der Waals surface area contributed by atoms with Crippen molar-refractivity contribution in [3.05, 3.63) is 0 Å². The highest BCUT2D eigenvalue weighted by atomic mass is 16.4. The summed E-state index contributed by atoms with van der Waals surface area (Å²) in [6, 6.07) is -0.301. The number of carboxylic acids is 1. The second-order valence-electron chi connectivity index (χ2n) is 4.52. The number of amides is 3. The Hall–Kier alpha value is -1.79. The molecule has 0 spiro atoms. The molecule has 0 aromatic rings. The number of hydrogen-bond donors (Lipinski definition) is 3. The molecule has 1 saturated carbocycles. The summed E-state index contributed by atoms with van der Waals surface area (Å²) in [5, 5.41) is 14.0. The second-order valence-corrected chi connectivity index (χ2v) is 4.52. The van der Waals surface area contributed by atoms with Gasteiger partial charge in [0.2, 0.25) is 5.91 Å². The molecule has 19 heavy (non-hydrogen) atoms. The molecular weight excluding hydrogens is 250 g/mol. The first kappa shape index (κ1) is 15.3. The molecule has 0 aromatic heterocycles. The average molecular weight is 271 g/mol. The fraction of sp³-hybridized carbons (Fsp3) is 0.750. The Morgan fingerprint density at radius 1 is 1.21 bits per heavy atom. The number of nitrogens with zero attached hydrogens (tertiary/aromatic N) is 1. The summed E-state index contributed by atoms with van der Waals surface area (Å²) in [6.07, 6.45) is 1.84. The molecule has 0 heterocycles. The van der Waals surface area contributed by atoms with Gasteiger partial charge in [-0.25, -0.2) is 4.79 Å². The van der Waals surface area contributed by atoms with Crippen LogP contribution in [0.4, 0.5) is 4.79 Å². The standard InChI is InChI=1S/C12H21N3O4/c1-2-15(8-5-10(16)17)12(19)14-7-6-13-11(18)9-3-4-9/h9H,2-8H2,1H3,(H,13,18)(H,14,19)(H,16,17). The van der Waals surface area contributed by atoms with Crippen molar-refractivity contribution in [1.82, 2.24) is 15.5 Å². The maximum Gasteiger partial charge on any atom is 0.317 e. The predicted octanol–water partition coefficient (Wildman–Crippen LogP) is 0.0188. The van der Waals surface area contributed by atoms with Crippen molar-refractivity contribution >= 4 is 17.9 Å². The highest BCUT2D eigenvalue weighted by Crippen LogP contribution is 2.28. The van der Waals surface area contributed by atoms with Crippen LogP contribution in [0.3, 0.4) is 0 Å². The normalized spacial score (nSPS) is 13.7. The first-order chi connectivity index (χ1) is 9.04. The van der Waals surface area contributed by atoms with Crippen LogP contribution in [0.2, 0.25) is 0 Å². The van der Waals surface area contributed by atoms with Crippen molar-refractivity contribution < 1.29 is 19.5 Å². The number of urea groups is 1. The molecule has 3 N–H and O–H groups in total. The Balaban J connectivity index is 2.13. The number of nitrogens with one attached hydrogen (secondary N) is 2. The Bertz CT molecular complexity index is 342. The topological polar surface area (TPSA) is 98.7 Å². The minimum absolute atomic E-state index is 0.0486. The molecule has 7 heteroatoms. The van der Waals surface area contributed by atoms with Gasteiger partial charge < -0.3 is 20.6 Å². The first-order valence-electron chi connectivity index (χ1n) is 6.56. The van der Waals surface area contributed by atoms with Crippen molar-refractivity contribution in [2.24, 2.45) is 5.92 Å². The molecule has 0 unspecified atom stereocenters. The van der Waals surface area contributed by atoms with Gasteiger partial charge in [0, 0.05) is 32.1 Å². The van der Waals surface area contributed by atoms with Crippen LogP contribution in [-0.4, -0.2) is 54.1 Å². The van der Waals surface area contributed by atoms with E-state index in [1.54, 1.807) is 6.92 Å². The first-order valence-corrected chi connectivity index (χ1v) is 6.56. The van der Waals surface area contributed by atoms with Crippen molar-refractivity contribution in [3.63, 3.8) is 0 Å². The van der Waals surface area contributed by atoms with E-state index in [1.807, 2.05) is 0 Å². The highest BCUT2D eigenvalue weighted by Gasteiger charge is 2.29. The number of aliphatic carboxylic acids is 1. The summed E-state index contributed by atoms with van der Waals surface area (Å²) in [6.45, 7) is 3.17. The number of rotatable bonds is 8. The zero-order valence-electron chi connectivity index (χ0n) is 11.1. The quantitative estimate of drug-likeness (QED) is 0.542. The maximum absolute atomic E-state index is 11.7. The third-order valence-electron chi connectivity index (χ3n) is 2.91. The van der Waals surface area contributed by atoms with Crippen molar-refractivity contribution in [1.29, 1.82) is 0 Å². The molecule has 1 aliphatic carbocycles. The summed E-state index contributed by atoms with van der Waals surface area (Å²) < 4.78 is 0. The minimum atomic E-state index is -0.928. The lowest BCUT2D eigenvalue weighted by Crippen LogP contribution is -2.43. The lowest BCUT2D eigenvalue weighted by molar-refractivity contribution is -0.137. The van der Waals surface area contributed by atoms with Crippen LogP contribution in [0.15, 0.2) is 0 Å². The van der Waals surface area contributed by atoms with E-state index in [0.717, 1.165) is 12.8 Å². The maximum atomic E-state index is 11.7. The zero-order valence-corrected chi connectivity index (χ0v) is 11.1. The molecule has 0 bridgehead atoms. The van der Waals surface area contributed by atoms with Crippen LogP contribution < -0.4 is 10.6 Å². The van der Waals surface area contributed by atoms with Gasteiger partial charge >= 0.3 is 12.0 Å². The Kier molecular flexibility index (Phi) is 6.11. The van der Waals surface area contributed by atoms with E-state index in [9.17, 15) is 14.4 Å². The van der Waals surface area contributed by atoms with Gasteiger partial charge in [0.05, 0.1) is 6.42 Å². The van der Waals surface area contributed by atoms with E-state index >= 15 is 0 Å². The van der Waals surface area contributed by atoms with E-state index in [4.69, 9.17) is 5.11 Å². The summed E-state index contributed by atoms with van der Waals surface area (Å²) in [5.41, 5.74) is 0. The minimum Gasteiger partial charge on any atom is -0.481 e. The molecule has 0 radical (unpaired) electrons. The Morgan fingerprint density at radius 2 is 1.84 bits per heavy atom. The molecule has 1 fully saturated rings. The highest BCUT2D eigenvalue weighted by molar-refractivity contribution is 5.81. The fourth-order valence-electron chi connectivity index (χ4n) is 1.59. The lowest BCUT2D eigenvalue weighted by Gasteiger charge is -2.20. The molecule has 108 valence electrons. The van der Waals surface area contributed by atoms with Gasteiger partial charge in [-0.15, -0.1) is 0 Å². The molecular formula is C12H21N3O4. The second kappa shape index (κ2) is 7.60. The van der Waals surface area contributed by atoms with E-state index < -0.39 is 5.97 Å². The smallest absolute Gasteiger partial charge is 0.317 e. The zero-order chi connectivity index (χ0) is 14.3. The number of carboxylic acid groups (broad SMARTS) is 1. The van der Waals surface area contributed by atoms with Gasteiger partial charge in [-0.05, 0) is 19.8 Å². The average Bonchev–Trinajstić information content (AvgIpc) is 3.18. The molecule has 0 aromatic carbocycles. The molecule has 3 amide bonds. The van der Waals surface area contributed by atoms with Crippen LogP contribution in [0.5, 0.6) is 0 Å². The fourth-order valence-corrected chi connectivity index (χ4v) is 1.59. The monoisotopic (exact) mass is 271 g/mol. The largest absolute Gasteiger partial charge is 0.481 e. The Morgan fingerprint density at radius 3 is 2.37 bits per heavy atom. The summed E-state index contributed by atoms with van der Waals surface area (Å²) >= 11 is 0.